The molecule has 1 aromatic rings. The Bertz CT molecular complexity index is 458. The van der Waals surface area contributed by atoms with E-state index < -0.39 is 8.80 Å². The minimum atomic E-state index is -2.82. The number of hydrogen-bond donors (Lipinski definition) is 0. The molecule has 0 amide bonds. The highest BCUT2D eigenvalue weighted by Gasteiger charge is 2.47. The summed E-state index contributed by atoms with van der Waals surface area (Å²) in [5.41, 5.74) is 0.935. The maximum Gasteiger partial charge on any atom is 0.508 e. The Morgan fingerprint density at radius 3 is 2.14 bits per heavy atom. The second-order valence-corrected chi connectivity index (χ2v) is 7.33. The molecule has 0 saturated carbocycles. The predicted octanol–water partition coefficient (Wildman–Crippen LogP) is 3.24. The first-order chi connectivity index (χ1) is 10.1. The van der Waals surface area contributed by atoms with Crippen molar-refractivity contribution < 1.29 is 18.0 Å². The zero-order chi connectivity index (χ0) is 15.7. The van der Waals surface area contributed by atoms with Gasteiger partial charge in [0, 0.05) is 19.8 Å². The molecule has 6 heteroatoms. The van der Waals surface area contributed by atoms with Crippen LogP contribution in [0.1, 0.15) is 38.8 Å². The highest BCUT2D eigenvalue weighted by molar-refractivity contribution is 6.62. The Labute approximate surface area is 127 Å². The quantitative estimate of drug-likeness (QED) is 0.517. The van der Waals surface area contributed by atoms with Gasteiger partial charge in [-0.2, -0.15) is 0 Å². The Morgan fingerprint density at radius 1 is 1.10 bits per heavy atom. The number of nitrogens with zero attached hydrogens (tertiary/aromatic N) is 1. The Kier molecular flexibility index (Phi) is 7.40. The molecule has 0 N–H and O–H groups in total. The van der Waals surface area contributed by atoms with Gasteiger partial charge in [0.25, 0.3) is 6.26 Å². The van der Waals surface area contributed by atoms with Gasteiger partial charge in [0.2, 0.25) is 0 Å². The SMILES string of the molecule is CCO[Si](OCC)(OCC)C(C)c1cccc(OC#N)c1. The second-order valence-electron chi connectivity index (χ2n) is 4.39. The van der Waals surface area contributed by atoms with E-state index in [0.29, 0.717) is 25.6 Å². The van der Waals surface area contributed by atoms with Crippen molar-refractivity contribution in [3.05, 3.63) is 29.8 Å². The maximum absolute atomic E-state index is 8.62. The molecule has 1 unspecified atom stereocenters. The average molecular weight is 309 g/mol. The first-order valence-corrected chi connectivity index (χ1v) is 9.01. The van der Waals surface area contributed by atoms with Crippen LogP contribution in [0.4, 0.5) is 0 Å². The van der Waals surface area contributed by atoms with Crippen LogP contribution in [0.2, 0.25) is 0 Å². The van der Waals surface area contributed by atoms with Crippen molar-refractivity contribution in [2.75, 3.05) is 19.8 Å². The highest BCUT2D eigenvalue weighted by Crippen LogP contribution is 2.31. The lowest BCUT2D eigenvalue weighted by Gasteiger charge is -2.33. The molecule has 0 aliphatic rings. The van der Waals surface area contributed by atoms with Gasteiger partial charge in [0.05, 0.1) is 5.54 Å². The van der Waals surface area contributed by atoms with Crippen molar-refractivity contribution in [2.24, 2.45) is 0 Å². The number of benzene rings is 1. The zero-order valence-electron chi connectivity index (χ0n) is 13.1. The minimum Gasteiger partial charge on any atom is -0.388 e. The lowest BCUT2D eigenvalue weighted by Crippen LogP contribution is -2.51. The third kappa shape index (κ3) is 4.54. The van der Waals surface area contributed by atoms with Crippen molar-refractivity contribution in [3.8, 4) is 12.0 Å². The van der Waals surface area contributed by atoms with Crippen LogP contribution in [0.3, 0.4) is 0 Å². The summed E-state index contributed by atoms with van der Waals surface area (Å²) in [4.78, 5) is 0. The normalized spacial score (nSPS) is 12.7. The van der Waals surface area contributed by atoms with Crippen LogP contribution in [0.25, 0.3) is 0 Å². The molecule has 1 atom stereocenters. The molecule has 0 radical (unpaired) electrons. The molecule has 0 aliphatic heterocycles. The van der Waals surface area contributed by atoms with Crippen LogP contribution in [0, 0.1) is 11.5 Å². The van der Waals surface area contributed by atoms with Gasteiger partial charge in [-0.25, -0.2) is 0 Å². The number of ether oxygens (including phenoxy) is 1. The summed E-state index contributed by atoms with van der Waals surface area (Å²) in [5.74, 6) is 0.509. The van der Waals surface area contributed by atoms with Crippen LogP contribution in [-0.4, -0.2) is 28.6 Å². The third-order valence-electron chi connectivity index (χ3n) is 3.09. The first kappa shape index (κ1) is 17.7. The van der Waals surface area contributed by atoms with Crippen LogP contribution in [-0.2, 0) is 13.3 Å². The van der Waals surface area contributed by atoms with Crippen LogP contribution in [0.5, 0.6) is 5.75 Å². The van der Waals surface area contributed by atoms with Crippen LogP contribution >= 0.6 is 0 Å². The molecule has 21 heavy (non-hydrogen) atoms. The molecule has 0 spiro atoms. The fraction of sp³-hybridized carbons (Fsp3) is 0.533. The third-order valence-corrected chi connectivity index (χ3v) is 6.56. The van der Waals surface area contributed by atoms with Gasteiger partial charge in [-0.05, 0) is 38.5 Å². The molecule has 0 aromatic heterocycles. The Morgan fingerprint density at radius 2 is 1.67 bits per heavy atom. The molecule has 0 heterocycles. The van der Waals surface area contributed by atoms with E-state index in [2.05, 4.69) is 0 Å². The summed E-state index contributed by atoms with van der Waals surface area (Å²) in [6, 6.07) is 7.38. The van der Waals surface area contributed by atoms with Crippen molar-refractivity contribution >= 4 is 8.80 Å². The summed E-state index contributed by atoms with van der Waals surface area (Å²) in [7, 11) is -2.82. The monoisotopic (exact) mass is 309 g/mol. The fourth-order valence-corrected chi connectivity index (χ4v) is 5.00. The standard InChI is InChI=1S/C15H23NO4Si/c1-5-18-21(19-6-2,20-7-3)13(4)14-9-8-10-15(11-14)17-12-16/h8-11,13H,5-7H2,1-4H3. The summed E-state index contributed by atoms with van der Waals surface area (Å²) in [5, 5.41) is 8.62. The molecule has 0 aliphatic carbocycles. The molecular weight excluding hydrogens is 286 g/mol. The minimum absolute atomic E-state index is 0.0420. The highest BCUT2D eigenvalue weighted by atomic mass is 28.4. The summed E-state index contributed by atoms with van der Waals surface area (Å²) >= 11 is 0. The lowest BCUT2D eigenvalue weighted by atomic mass is 10.1. The van der Waals surface area contributed by atoms with E-state index >= 15 is 0 Å². The molecule has 5 nitrogen and oxygen atoms in total. The van der Waals surface area contributed by atoms with Crippen molar-refractivity contribution in [3.63, 3.8) is 0 Å². The molecule has 116 valence electrons. The smallest absolute Gasteiger partial charge is 0.388 e. The molecule has 0 bridgehead atoms. The molecule has 1 aromatic carbocycles. The zero-order valence-corrected chi connectivity index (χ0v) is 14.1. The van der Waals surface area contributed by atoms with Gasteiger partial charge in [0.15, 0.2) is 0 Å². The maximum atomic E-state index is 8.62. The van der Waals surface area contributed by atoms with Gasteiger partial charge >= 0.3 is 8.80 Å². The second kappa shape index (κ2) is 8.80. The van der Waals surface area contributed by atoms with Crippen molar-refractivity contribution in [2.45, 2.75) is 33.2 Å². The van der Waals surface area contributed by atoms with Crippen molar-refractivity contribution in [1.29, 1.82) is 5.26 Å². The van der Waals surface area contributed by atoms with Gasteiger partial charge in [-0.1, -0.05) is 19.1 Å². The summed E-state index contributed by atoms with van der Waals surface area (Å²) in [6.45, 7) is 9.42. The molecule has 0 fully saturated rings. The van der Waals surface area contributed by atoms with Gasteiger partial charge < -0.3 is 18.0 Å². The van der Waals surface area contributed by atoms with E-state index in [1.165, 1.54) is 0 Å². The van der Waals surface area contributed by atoms with Gasteiger partial charge in [-0.3, -0.25) is 0 Å². The first-order valence-electron chi connectivity index (χ1n) is 7.21. The van der Waals surface area contributed by atoms with E-state index in [9.17, 15) is 0 Å². The van der Waals surface area contributed by atoms with Crippen LogP contribution < -0.4 is 4.74 Å². The predicted molar refractivity (Wildman–Crippen MR) is 81.7 cm³/mol. The van der Waals surface area contributed by atoms with E-state index in [-0.39, 0.29) is 5.54 Å². The van der Waals surface area contributed by atoms with Crippen molar-refractivity contribution in [1.82, 2.24) is 0 Å². The van der Waals surface area contributed by atoms with E-state index in [1.807, 2.05) is 45.9 Å². The summed E-state index contributed by atoms with van der Waals surface area (Å²) < 4.78 is 22.6. The largest absolute Gasteiger partial charge is 0.508 e. The van der Waals surface area contributed by atoms with E-state index in [1.54, 1.807) is 12.3 Å². The molecular formula is C15H23NO4Si. The molecule has 0 saturated heterocycles. The van der Waals surface area contributed by atoms with E-state index in [0.717, 1.165) is 5.56 Å². The lowest BCUT2D eigenvalue weighted by molar-refractivity contribution is 0.0633. The Balaban J connectivity index is 3.11. The van der Waals surface area contributed by atoms with Gasteiger partial charge in [-0.15, -0.1) is 5.26 Å². The van der Waals surface area contributed by atoms with Gasteiger partial charge in [0.1, 0.15) is 5.75 Å². The fourth-order valence-electron chi connectivity index (χ4n) is 2.21. The average Bonchev–Trinajstić information content (AvgIpc) is 2.48. The number of rotatable bonds is 9. The van der Waals surface area contributed by atoms with Crippen LogP contribution in [0.15, 0.2) is 24.3 Å². The number of hydrogen-bond acceptors (Lipinski definition) is 5. The number of nitriles is 1. The Hall–Kier alpha value is -1.39. The topological polar surface area (TPSA) is 60.7 Å². The summed E-state index contributed by atoms with van der Waals surface area (Å²) in [6.07, 6.45) is 1.68. The van der Waals surface area contributed by atoms with E-state index in [4.69, 9.17) is 23.3 Å². The molecule has 1 rings (SSSR count).